The molecule has 7 nitrogen and oxygen atoms in total. The van der Waals surface area contributed by atoms with Gasteiger partial charge >= 0.3 is 0 Å². The van der Waals surface area contributed by atoms with Gasteiger partial charge in [-0.05, 0) is 49.2 Å². The number of amides is 1. The number of carbonyl (C=O) groups is 1. The van der Waals surface area contributed by atoms with Crippen molar-refractivity contribution in [3.8, 4) is 5.75 Å². The summed E-state index contributed by atoms with van der Waals surface area (Å²) < 4.78 is 33.1. The van der Waals surface area contributed by atoms with Gasteiger partial charge in [-0.2, -0.15) is 0 Å². The number of fused-ring (bicyclic) bond motifs is 1. The first kappa shape index (κ1) is 20.2. The molecular formula is C19H21N3O4S2. The number of rotatable bonds is 6. The molecule has 2 aromatic carbocycles. The molecule has 1 heterocycles. The van der Waals surface area contributed by atoms with Crippen LogP contribution in [-0.4, -0.2) is 33.0 Å². The average molecular weight is 420 g/mol. The number of aromatic nitrogens is 1. The molecule has 0 aliphatic heterocycles. The maximum absolute atomic E-state index is 12.8. The minimum Gasteiger partial charge on any atom is -0.496 e. The van der Waals surface area contributed by atoms with Gasteiger partial charge in [0.1, 0.15) is 5.75 Å². The Labute approximate surface area is 167 Å². The van der Waals surface area contributed by atoms with E-state index in [4.69, 9.17) is 4.74 Å². The van der Waals surface area contributed by atoms with Crippen LogP contribution in [0.15, 0.2) is 35.2 Å². The van der Waals surface area contributed by atoms with Gasteiger partial charge in [0, 0.05) is 6.54 Å². The highest BCUT2D eigenvalue weighted by molar-refractivity contribution is 7.89. The molecule has 0 aliphatic rings. The lowest BCUT2D eigenvalue weighted by atomic mass is 10.1. The van der Waals surface area contributed by atoms with Crippen LogP contribution in [0.1, 0.15) is 28.4 Å². The third-order valence-electron chi connectivity index (χ3n) is 4.11. The number of hydrogen-bond acceptors (Lipinski definition) is 6. The number of nitrogens with zero attached hydrogens (tertiary/aromatic N) is 1. The maximum Gasteiger partial charge on any atom is 0.261 e. The number of methoxy groups -OCH3 is 1. The Hall–Kier alpha value is -2.49. The van der Waals surface area contributed by atoms with Gasteiger partial charge in [-0.25, -0.2) is 18.1 Å². The normalized spacial score (nSPS) is 11.6. The molecular weight excluding hydrogens is 398 g/mol. The molecule has 9 heteroatoms. The summed E-state index contributed by atoms with van der Waals surface area (Å²) in [5.41, 5.74) is 3.10. The van der Waals surface area contributed by atoms with Crippen molar-refractivity contribution in [2.75, 3.05) is 19.0 Å². The van der Waals surface area contributed by atoms with E-state index in [1.807, 2.05) is 26.0 Å². The van der Waals surface area contributed by atoms with Gasteiger partial charge in [0.15, 0.2) is 5.13 Å². The van der Waals surface area contributed by atoms with Crippen LogP contribution in [0, 0.1) is 13.8 Å². The second-order valence-electron chi connectivity index (χ2n) is 6.27. The largest absolute Gasteiger partial charge is 0.496 e. The van der Waals surface area contributed by atoms with Crippen LogP contribution in [0.2, 0.25) is 0 Å². The van der Waals surface area contributed by atoms with Gasteiger partial charge in [-0.15, -0.1) is 0 Å². The molecule has 0 unspecified atom stereocenters. The number of nitrogens with one attached hydrogen (secondary N) is 2. The van der Waals surface area contributed by atoms with Gasteiger partial charge in [-0.3, -0.25) is 10.1 Å². The van der Waals surface area contributed by atoms with Crippen LogP contribution in [0.25, 0.3) is 10.2 Å². The van der Waals surface area contributed by atoms with Crippen LogP contribution in [0.4, 0.5) is 5.13 Å². The summed E-state index contributed by atoms with van der Waals surface area (Å²) in [6.45, 7) is 5.91. The van der Waals surface area contributed by atoms with Crippen molar-refractivity contribution >= 4 is 42.6 Å². The molecule has 3 rings (SSSR count). The number of sulfonamides is 1. The fraction of sp³-hybridized carbons (Fsp3) is 0.263. The van der Waals surface area contributed by atoms with Crippen molar-refractivity contribution in [1.29, 1.82) is 0 Å². The van der Waals surface area contributed by atoms with E-state index in [0.717, 1.165) is 21.3 Å². The first-order valence-corrected chi connectivity index (χ1v) is 10.9. The number of hydrogen-bond donors (Lipinski definition) is 2. The van der Waals surface area contributed by atoms with E-state index in [1.165, 1.54) is 36.6 Å². The summed E-state index contributed by atoms with van der Waals surface area (Å²) >= 11 is 1.37. The Morgan fingerprint density at radius 1 is 1.21 bits per heavy atom. The first-order valence-electron chi connectivity index (χ1n) is 8.62. The average Bonchev–Trinajstić information content (AvgIpc) is 3.03. The highest BCUT2D eigenvalue weighted by Crippen LogP contribution is 2.30. The molecule has 0 bridgehead atoms. The first-order chi connectivity index (χ1) is 13.2. The lowest BCUT2D eigenvalue weighted by molar-refractivity contribution is 0.102. The SMILES string of the molecule is CCNS(=O)(=O)c1ccc(OC)c(C(=O)Nc2nc3c(C)cc(C)cc3s2)c1. The molecule has 0 aliphatic carbocycles. The highest BCUT2D eigenvalue weighted by atomic mass is 32.2. The molecule has 0 fully saturated rings. The molecule has 0 radical (unpaired) electrons. The molecule has 0 saturated heterocycles. The molecule has 1 amide bonds. The van der Waals surface area contributed by atoms with Crippen LogP contribution in [-0.2, 0) is 10.0 Å². The van der Waals surface area contributed by atoms with Gasteiger partial charge in [-0.1, -0.05) is 24.3 Å². The summed E-state index contributed by atoms with van der Waals surface area (Å²) in [5.74, 6) is -0.208. The summed E-state index contributed by atoms with van der Waals surface area (Å²) in [5, 5.41) is 3.19. The van der Waals surface area contributed by atoms with Gasteiger partial charge in [0.2, 0.25) is 10.0 Å². The number of carbonyl (C=O) groups excluding carboxylic acids is 1. The third-order valence-corrected chi connectivity index (χ3v) is 6.57. The zero-order valence-corrected chi connectivity index (χ0v) is 17.6. The summed E-state index contributed by atoms with van der Waals surface area (Å²) in [6, 6.07) is 8.21. The third kappa shape index (κ3) is 4.01. The summed E-state index contributed by atoms with van der Waals surface area (Å²) in [7, 11) is -2.27. The Balaban J connectivity index is 1.97. The van der Waals surface area contributed by atoms with E-state index in [1.54, 1.807) is 6.92 Å². The second kappa shape index (κ2) is 7.86. The lowest BCUT2D eigenvalue weighted by Crippen LogP contribution is -2.23. The number of benzene rings is 2. The topological polar surface area (TPSA) is 97.4 Å². The van der Waals surface area contributed by atoms with Gasteiger partial charge in [0.05, 0.1) is 27.8 Å². The minimum atomic E-state index is -3.69. The zero-order chi connectivity index (χ0) is 20.5. The van der Waals surface area contributed by atoms with Crippen molar-refractivity contribution in [3.63, 3.8) is 0 Å². The second-order valence-corrected chi connectivity index (χ2v) is 9.06. The minimum absolute atomic E-state index is 0.00364. The fourth-order valence-corrected chi connectivity index (χ4v) is 5.00. The van der Waals surface area contributed by atoms with Crippen molar-refractivity contribution < 1.29 is 17.9 Å². The van der Waals surface area contributed by atoms with E-state index < -0.39 is 15.9 Å². The number of anilines is 1. The smallest absolute Gasteiger partial charge is 0.261 e. The predicted octanol–water partition coefficient (Wildman–Crippen LogP) is 3.47. The monoisotopic (exact) mass is 419 g/mol. The fourth-order valence-electron chi connectivity index (χ4n) is 2.89. The predicted molar refractivity (Wildman–Crippen MR) is 111 cm³/mol. The van der Waals surface area contributed by atoms with Crippen LogP contribution < -0.4 is 14.8 Å². The Bertz CT molecular complexity index is 1150. The van der Waals surface area contributed by atoms with Crippen LogP contribution in [0.3, 0.4) is 0 Å². The van der Waals surface area contributed by atoms with E-state index in [-0.39, 0.29) is 22.8 Å². The Morgan fingerprint density at radius 2 is 1.96 bits per heavy atom. The van der Waals surface area contributed by atoms with E-state index in [0.29, 0.717) is 5.13 Å². The molecule has 0 spiro atoms. The molecule has 0 saturated carbocycles. The van der Waals surface area contributed by atoms with Gasteiger partial charge < -0.3 is 4.74 Å². The number of ether oxygens (including phenoxy) is 1. The molecule has 148 valence electrons. The Morgan fingerprint density at radius 3 is 2.64 bits per heavy atom. The number of aryl methyl sites for hydroxylation is 2. The van der Waals surface area contributed by atoms with E-state index >= 15 is 0 Å². The van der Waals surface area contributed by atoms with Crippen molar-refractivity contribution in [1.82, 2.24) is 9.71 Å². The number of thiazole rings is 1. The quantitative estimate of drug-likeness (QED) is 0.638. The summed E-state index contributed by atoms with van der Waals surface area (Å²) in [4.78, 5) is 17.3. The molecule has 2 N–H and O–H groups in total. The molecule has 0 atom stereocenters. The van der Waals surface area contributed by atoms with Crippen molar-refractivity contribution in [2.24, 2.45) is 0 Å². The Kier molecular flexibility index (Phi) is 5.69. The lowest BCUT2D eigenvalue weighted by Gasteiger charge is -2.11. The summed E-state index contributed by atoms with van der Waals surface area (Å²) in [6.07, 6.45) is 0. The standard InChI is InChI=1S/C19H21N3O4S2/c1-5-20-28(24,25)13-6-7-15(26-4)14(10-13)18(23)22-19-21-17-12(3)8-11(2)9-16(17)27-19/h6-10,20H,5H2,1-4H3,(H,21,22,23). The zero-order valence-electron chi connectivity index (χ0n) is 16.0. The van der Waals surface area contributed by atoms with Crippen molar-refractivity contribution in [2.45, 2.75) is 25.7 Å². The van der Waals surface area contributed by atoms with Crippen LogP contribution >= 0.6 is 11.3 Å². The van der Waals surface area contributed by atoms with E-state index in [9.17, 15) is 13.2 Å². The molecule has 3 aromatic rings. The molecule has 1 aromatic heterocycles. The van der Waals surface area contributed by atoms with E-state index in [2.05, 4.69) is 15.0 Å². The van der Waals surface area contributed by atoms with Crippen molar-refractivity contribution in [3.05, 3.63) is 47.0 Å². The van der Waals surface area contributed by atoms with Gasteiger partial charge in [0.25, 0.3) is 5.91 Å². The molecule has 28 heavy (non-hydrogen) atoms. The maximum atomic E-state index is 12.8. The van der Waals surface area contributed by atoms with Crippen LogP contribution in [0.5, 0.6) is 5.75 Å². The highest BCUT2D eigenvalue weighted by Gasteiger charge is 2.20.